The lowest BCUT2D eigenvalue weighted by molar-refractivity contribution is -0.117. The first-order chi connectivity index (χ1) is 7.63. The van der Waals surface area contributed by atoms with Gasteiger partial charge in [-0.15, -0.1) is 0 Å². The second-order valence-electron chi connectivity index (χ2n) is 3.56. The fraction of sp³-hybridized carbons (Fsp3) is 0.500. The van der Waals surface area contributed by atoms with Gasteiger partial charge >= 0.3 is 5.97 Å². The predicted octanol–water partition coefficient (Wildman–Crippen LogP) is 2.37. The average Bonchev–Trinajstić information content (AvgIpc) is 2.72. The largest absolute Gasteiger partial charge is 0.460 e. The van der Waals surface area contributed by atoms with Gasteiger partial charge in [0.25, 0.3) is 0 Å². The van der Waals surface area contributed by atoms with E-state index in [1.807, 2.05) is 6.92 Å². The van der Waals surface area contributed by atoms with Gasteiger partial charge in [-0.05, 0) is 25.5 Å². The van der Waals surface area contributed by atoms with Gasteiger partial charge in [-0.2, -0.15) is 0 Å². The van der Waals surface area contributed by atoms with Crippen molar-refractivity contribution < 1.29 is 18.7 Å². The highest BCUT2D eigenvalue weighted by molar-refractivity contribution is 5.86. The third kappa shape index (κ3) is 3.88. The third-order valence-electron chi connectivity index (χ3n) is 2.12. The number of aryl methyl sites for hydroxylation is 1. The molecule has 0 aliphatic carbocycles. The molecule has 0 saturated heterocycles. The number of carbonyl (C=O) groups excluding carboxylic acids is 2. The lowest BCUT2D eigenvalue weighted by atomic mass is 10.2. The Kier molecular flexibility index (Phi) is 4.76. The average molecular weight is 224 g/mol. The number of Topliss-reactive ketones (excluding diaryl/α,β-unsaturated/α-hetero) is 1. The van der Waals surface area contributed by atoms with Crippen LogP contribution in [0.15, 0.2) is 16.5 Å². The number of carbonyl (C=O) groups is 2. The van der Waals surface area contributed by atoms with Crippen molar-refractivity contribution in [2.75, 3.05) is 6.61 Å². The number of ether oxygens (including phenoxy) is 1. The molecule has 0 N–H and O–H groups in total. The molecule has 1 aromatic heterocycles. The molecule has 0 atom stereocenters. The standard InChI is InChI=1S/C12H16O4/c1-3-10-6-7-11(16-10)12(14)15-8-4-5-9(2)13/h6-7H,3-5,8H2,1-2H3. The molecule has 88 valence electrons. The Labute approximate surface area is 94.6 Å². The van der Waals surface area contributed by atoms with Crippen LogP contribution in [0.2, 0.25) is 0 Å². The van der Waals surface area contributed by atoms with Crippen LogP contribution >= 0.6 is 0 Å². The lowest BCUT2D eigenvalue weighted by Crippen LogP contribution is -2.06. The molecule has 0 amide bonds. The first-order valence-corrected chi connectivity index (χ1v) is 5.38. The number of hydrogen-bond donors (Lipinski definition) is 0. The smallest absolute Gasteiger partial charge is 0.374 e. The third-order valence-corrected chi connectivity index (χ3v) is 2.12. The summed E-state index contributed by atoms with van der Waals surface area (Å²) in [5, 5.41) is 0. The fourth-order valence-electron chi connectivity index (χ4n) is 1.23. The Morgan fingerprint density at radius 2 is 2.12 bits per heavy atom. The second-order valence-corrected chi connectivity index (χ2v) is 3.56. The SMILES string of the molecule is CCc1ccc(C(=O)OCCCC(C)=O)o1. The Bertz CT molecular complexity index is 365. The minimum absolute atomic E-state index is 0.0994. The van der Waals surface area contributed by atoms with Gasteiger partial charge in [0.2, 0.25) is 5.76 Å². The van der Waals surface area contributed by atoms with Crippen LogP contribution in [0.5, 0.6) is 0 Å². The molecule has 1 heterocycles. The Balaban J connectivity index is 2.32. The molecule has 1 rings (SSSR count). The molecule has 4 nitrogen and oxygen atoms in total. The van der Waals surface area contributed by atoms with Gasteiger partial charge in [0.1, 0.15) is 11.5 Å². The van der Waals surface area contributed by atoms with Crippen molar-refractivity contribution in [2.45, 2.75) is 33.1 Å². The zero-order chi connectivity index (χ0) is 12.0. The molecule has 4 heteroatoms. The van der Waals surface area contributed by atoms with Crippen LogP contribution in [0.1, 0.15) is 43.0 Å². The van der Waals surface area contributed by atoms with Gasteiger partial charge in [-0.3, -0.25) is 0 Å². The number of furan rings is 1. The molecule has 0 aromatic carbocycles. The molecule has 0 fully saturated rings. The molecule has 16 heavy (non-hydrogen) atoms. The summed E-state index contributed by atoms with van der Waals surface area (Å²) in [6.07, 6.45) is 1.74. The van der Waals surface area contributed by atoms with E-state index >= 15 is 0 Å². The fourth-order valence-corrected chi connectivity index (χ4v) is 1.23. The van der Waals surface area contributed by atoms with Gasteiger partial charge < -0.3 is 13.9 Å². The van der Waals surface area contributed by atoms with Gasteiger partial charge in [0.15, 0.2) is 0 Å². The van der Waals surface area contributed by atoms with Crippen molar-refractivity contribution in [1.82, 2.24) is 0 Å². The van der Waals surface area contributed by atoms with E-state index in [0.29, 0.717) is 12.8 Å². The van der Waals surface area contributed by atoms with Crippen molar-refractivity contribution >= 4 is 11.8 Å². The Hall–Kier alpha value is -1.58. The van der Waals surface area contributed by atoms with Crippen LogP contribution in [0.25, 0.3) is 0 Å². The number of esters is 1. The van der Waals surface area contributed by atoms with Crippen LogP contribution in [-0.4, -0.2) is 18.4 Å². The highest BCUT2D eigenvalue weighted by atomic mass is 16.5. The Morgan fingerprint density at radius 1 is 1.38 bits per heavy atom. The summed E-state index contributed by atoms with van der Waals surface area (Å²) in [6.45, 7) is 3.71. The van der Waals surface area contributed by atoms with Gasteiger partial charge in [0.05, 0.1) is 6.61 Å². The molecule has 0 bridgehead atoms. The van der Waals surface area contributed by atoms with E-state index < -0.39 is 5.97 Å². The predicted molar refractivity (Wildman–Crippen MR) is 58.3 cm³/mol. The summed E-state index contributed by atoms with van der Waals surface area (Å²) < 4.78 is 10.2. The van der Waals surface area contributed by atoms with E-state index in [9.17, 15) is 9.59 Å². The van der Waals surface area contributed by atoms with E-state index in [4.69, 9.17) is 9.15 Å². The molecule has 0 unspecified atom stereocenters. The van der Waals surface area contributed by atoms with Crippen LogP contribution in [-0.2, 0) is 16.0 Å². The molecule has 0 aliphatic rings. The van der Waals surface area contributed by atoms with E-state index in [1.165, 1.54) is 6.92 Å². The molecule has 1 aromatic rings. The zero-order valence-electron chi connectivity index (χ0n) is 9.62. The minimum atomic E-state index is -0.469. The lowest BCUT2D eigenvalue weighted by Gasteiger charge is -2.01. The van der Waals surface area contributed by atoms with Crippen LogP contribution in [0.3, 0.4) is 0 Å². The van der Waals surface area contributed by atoms with Crippen molar-refractivity contribution in [2.24, 2.45) is 0 Å². The minimum Gasteiger partial charge on any atom is -0.460 e. The number of ketones is 1. The van der Waals surface area contributed by atoms with Gasteiger partial charge in [0, 0.05) is 12.8 Å². The van der Waals surface area contributed by atoms with E-state index in [-0.39, 0.29) is 18.2 Å². The van der Waals surface area contributed by atoms with E-state index in [2.05, 4.69) is 0 Å². The molecule has 0 saturated carbocycles. The monoisotopic (exact) mass is 224 g/mol. The second kappa shape index (κ2) is 6.10. The summed E-state index contributed by atoms with van der Waals surface area (Å²) in [5.74, 6) is 0.612. The Morgan fingerprint density at radius 3 is 2.69 bits per heavy atom. The van der Waals surface area contributed by atoms with Crippen LogP contribution in [0.4, 0.5) is 0 Å². The maximum atomic E-state index is 11.4. The van der Waals surface area contributed by atoms with Crippen molar-refractivity contribution in [3.05, 3.63) is 23.7 Å². The summed E-state index contributed by atoms with van der Waals surface area (Å²) in [6, 6.07) is 3.36. The van der Waals surface area contributed by atoms with Gasteiger partial charge in [-0.1, -0.05) is 6.92 Å². The summed E-state index contributed by atoms with van der Waals surface area (Å²) >= 11 is 0. The van der Waals surface area contributed by atoms with Crippen molar-refractivity contribution in [3.63, 3.8) is 0 Å². The molecular formula is C12H16O4. The molecular weight excluding hydrogens is 208 g/mol. The van der Waals surface area contributed by atoms with Crippen LogP contribution < -0.4 is 0 Å². The first-order valence-electron chi connectivity index (χ1n) is 5.38. The van der Waals surface area contributed by atoms with E-state index in [0.717, 1.165) is 12.2 Å². The van der Waals surface area contributed by atoms with Crippen molar-refractivity contribution in [3.8, 4) is 0 Å². The van der Waals surface area contributed by atoms with Gasteiger partial charge in [-0.25, -0.2) is 4.79 Å². The summed E-state index contributed by atoms with van der Waals surface area (Å²) in [7, 11) is 0. The number of rotatable bonds is 6. The summed E-state index contributed by atoms with van der Waals surface area (Å²) in [4.78, 5) is 22.1. The quantitative estimate of drug-likeness (QED) is 0.550. The number of hydrogen-bond acceptors (Lipinski definition) is 4. The molecule has 0 spiro atoms. The highest BCUT2D eigenvalue weighted by Crippen LogP contribution is 2.09. The highest BCUT2D eigenvalue weighted by Gasteiger charge is 2.11. The topological polar surface area (TPSA) is 56.5 Å². The van der Waals surface area contributed by atoms with E-state index in [1.54, 1.807) is 12.1 Å². The molecule has 0 radical (unpaired) electrons. The maximum absolute atomic E-state index is 11.4. The van der Waals surface area contributed by atoms with Crippen molar-refractivity contribution in [1.29, 1.82) is 0 Å². The first kappa shape index (κ1) is 12.5. The summed E-state index contributed by atoms with van der Waals surface area (Å²) in [5.41, 5.74) is 0. The normalized spacial score (nSPS) is 10.1. The molecule has 0 aliphatic heterocycles. The maximum Gasteiger partial charge on any atom is 0.374 e. The van der Waals surface area contributed by atoms with Crippen LogP contribution in [0, 0.1) is 0 Å². The zero-order valence-corrected chi connectivity index (χ0v) is 9.62.